The van der Waals surface area contributed by atoms with Crippen molar-refractivity contribution in [2.75, 3.05) is 5.32 Å². The van der Waals surface area contributed by atoms with Gasteiger partial charge in [0.2, 0.25) is 0 Å². The number of anilines is 1. The molecule has 4 nitrogen and oxygen atoms in total. The van der Waals surface area contributed by atoms with E-state index in [1.807, 2.05) is 0 Å². The van der Waals surface area contributed by atoms with Crippen molar-refractivity contribution in [2.45, 2.75) is 6.54 Å². The van der Waals surface area contributed by atoms with E-state index in [9.17, 15) is 0 Å². The van der Waals surface area contributed by atoms with Gasteiger partial charge in [-0.1, -0.05) is 22.8 Å². The largest absolute Gasteiger partial charge is 0.378 e. The van der Waals surface area contributed by atoms with Crippen LogP contribution in [0, 0.1) is 11.3 Å². The van der Waals surface area contributed by atoms with Crippen LogP contribution in [-0.4, -0.2) is 5.16 Å². The first kappa shape index (κ1) is 10.5. The topological polar surface area (TPSA) is 61.9 Å². The number of hydrogen-bond donors (Lipinski definition) is 1. The summed E-state index contributed by atoms with van der Waals surface area (Å²) in [6, 6.07) is 9.07. The number of nitrogens with zero attached hydrogens (tertiary/aromatic N) is 2. The fourth-order valence-corrected chi connectivity index (χ4v) is 1.52. The van der Waals surface area contributed by atoms with Crippen LogP contribution in [-0.2, 0) is 6.54 Å². The molecule has 0 unspecified atom stereocenters. The monoisotopic (exact) mass is 233 g/mol. The van der Waals surface area contributed by atoms with Gasteiger partial charge >= 0.3 is 0 Å². The molecule has 0 radical (unpaired) electrons. The van der Waals surface area contributed by atoms with Gasteiger partial charge < -0.3 is 9.84 Å². The lowest BCUT2D eigenvalue weighted by Gasteiger charge is -2.06. The molecule has 1 aromatic carbocycles. The first-order valence-electron chi connectivity index (χ1n) is 4.63. The molecule has 0 amide bonds. The molecule has 0 aliphatic carbocycles. The number of hydrogen-bond acceptors (Lipinski definition) is 4. The summed E-state index contributed by atoms with van der Waals surface area (Å²) in [5, 5.41) is 16.2. The Morgan fingerprint density at radius 3 is 3.00 bits per heavy atom. The zero-order chi connectivity index (χ0) is 11.4. The number of nitriles is 1. The molecule has 0 saturated heterocycles. The molecule has 0 aliphatic heterocycles. The number of halogens is 1. The molecule has 1 aromatic heterocycles. The highest BCUT2D eigenvalue weighted by atomic mass is 35.5. The van der Waals surface area contributed by atoms with Crippen LogP contribution in [0.2, 0.25) is 5.02 Å². The first-order chi connectivity index (χ1) is 7.81. The average molecular weight is 234 g/mol. The highest BCUT2D eigenvalue weighted by Crippen LogP contribution is 2.23. The number of rotatable bonds is 3. The second kappa shape index (κ2) is 4.69. The van der Waals surface area contributed by atoms with Gasteiger partial charge in [-0.3, -0.25) is 0 Å². The van der Waals surface area contributed by atoms with Crippen molar-refractivity contribution in [3.05, 3.63) is 46.8 Å². The highest BCUT2D eigenvalue weighted by Gasteiger charge is 2.06. The zero-order valence-electron chi connectivity index (χ0n) is 8.27. The molecule has 0 saturated carbocycles. The molecule has 0 atom stereocenters. The normalized spacial score (nSPS) is 9.75. The highest BCUT2D eigenvalue weighted by molar-refractivity contribution is 6.32. The van der Waals surface area contributed by atoms with Crippen LogP contribution in [0.4, 0.5) is 5.69 Å². The van der Waals surface area contributed by atoms with Crippen LogP contribution in [0.15, 0.2) is 35.1 Å². The van der Waals surface area contributed by atoms with E-state index in [1.54, 1.807) is 24.3 Å². The van der Waals surface area contributed by atoms with Crippen molar-refractivity contribution in [3.63, 3.8) is 0 Å². The molecule has 0 spiro atoms. The van der Waals surface area contributed by atoms with E-state index in [4.69, 9.17) is 21.4 Å². The van der Waals surface area contributed by atoms with E-state index in [0.29, 0.717) is 22.8 Å². The van der Waals surface area contributed by atoms with Crippen LogP contribution in [0.25, 0.3) is 0 Å². The van der Waals surface area contributed by atoms with E-state index in [1.165, 1.54) is 6.26 Å². The first-order valence-corrected chi connectivity index (χ1v) is 5.01. The van der Waals surface area contributed by atoms with Crippen molar-refractivity contribution in [2.24, 2.45) is 0 Å². The minimum Gasteiger partial charge on any atom is -0.378 e. The Kier molecular flexibility index (Phi) is 3.08. The third kappa shape index (κ3) is 2.15. The summed E-state index contributed by atoms with van der Waals surface area (Å²) in [4.78, 5) is 0. The molecule has 2 rings (SSSR count). The van der Waals surface area contributed by atoms with Gasteiger partial charge in [-0.2, -0.15) is 5.26 Å². The fraction of sp³-hybridized carbons (Fsp3) is 0.0909. The van der Waals surface area contributed by atoms with Crippen molar-refractivity contribution < 1.29 is 4.52 Å². The van der Waals surface area contributed by atoms with Gasteiger partial charge in [-0.15, -0.1) is 0 Å². The molecule has 5 heteroatoms. The molecule has 0 bridgehead atoms. The van der Waals surface area contributed by atoms with E-state index in [0.717, 1.165) is 5.69 Å². The van der Waals surface area contributed by atoms with Gasteiger partial charge in [0.1, 0.15) is 18.0 Å². The second-order valence-electron chi connectivity index (χ2n) is 3.12. The number of aromatic nitrogens is 1. The van der Waals surface area contributed by atoms with Crippen molar-refractivity contribution >= 4 is 17.3 Å². The summed E-state index contributed by atoms with van der Waals surface area (Å²) in [5.74, 6) is 0. The zero-order valence-corrected chi connectivity index (χ0v) is 9.03. The Morgan fingerprint density at radius 1 is 1.44 bits per heavy atom. The molecule has 0 aliphatic rings. The predicted molar refractivity (Wildman–Crippen MR) is 60.0 cm³/mol. The molecule has 2 aromatic rings. The maximum atomic E-state index is 8.95. The molecular formula is C11H8ClN3O. The lowest BCUT2D eigenvalue weighted by molar-refractivity contribution is 0.412. The lowest BCUT2D eigenvalue weighted by atomic mass is 10.2. The third-order valence-electron chi connectivity index (χ3n) is 2.08. The van der Waals surface area contributed by atoms with Crippen LogP contribution in [0.1, 0.15) is 11.3 Å². The Morgan fingerprint density at radius 2 is 2.31 bits per heavy atom. The Balaban J connectivity index is 2.16. The molecule has 0 fully saturated rings. The van der Waals surface area contributed by atoms with Crippen LogP contribution in [0.3, 0.4) is 0 Å². The third-order valence-corrected chi connectivity index (χ3v) is 2.39. The van der Waals surface area contributed by atoms with Crippen LogP contribution in [0.5, 0.6) is 0 Å². The van der Waals surface area contributed by atoms with Crippen LogP contribution >= 0.6 is 11.6 Å². The summed E-state index contributed by atoms with van der Waals surface area (Å²) in [7, 11) is 0. The molecule has 1 N–H and O–H groups in total. The van der Waals surface area contributed by atoms with Crippen molar-refractivity contribution in [3.8, 4) is 6.07 Å². The molecule has 1 heterocycles. The van der Waals surface area contributed by atoms with E-state index >= 15 is 0 Å². The van der Waals surface area contributed by atoms with Gasteiger partial charge in [-0.05, 0) is 12.1 Å². The quantitative estimate of drug-likeness (QED) is 0.886. The number of nitrogens with one attached hydrogen (secondary N) is 1. The van der Waals surface area contributed by atoms with Gasteiger partial charge in [0.15, 0.2) is 0 Å². The fourth-order valence-electron chi connectivity index (χ4n) is 1.30. The minimum atomic E-state index is 0.438. The lowest BCUT2D eigenvalue weighted by Crippen LogP contribution is -2.01. The summed E-state index contributed by atoms with van der Waals surface area (Å²) in [5.41, 5.74) is 1.90. The SMILES string of the molecule is N#Cc1c(Cl)cccc1NCc1ccon1. The maximum absolute atomic E-state index is 8.95. The van der Waals surface area contributed by atoms with E-state index in [-0.39, 0.29) is 0 Å². The Bertz CT molecular complexity index is 517. The number of benzene rings is 1. The molecule has 80 valence electrons. The smallest absolute Gasteiger partial charge is 0.124 e. The Labute approximate surface area is 97.4 Å². The summed E-state index contributed by atoms with van der Waals surface area (Å²) in [6.07, 6.45) is 1.50. The predicted octanol–water partition coefficient (Wildman–Crippen LogP) is 2.81. The van der Waals surface area contributed by atoms with E-state index in [2.05, 4.69) is 16.5 Å². The van der Waals surface area contributed by atoms with Crippen molar-refractivity contribution in [1.29, 1.82) is 5.26 Å². The summed E-state index contributed by atoms with van der Waals surface area (Å²) < 4.78 is 4.70. The standard InChI is InChI=1S/C11H8ClN3O/c12-10-2-1-3-11(9(10)6-13)14-7-8-4-5-16-15-8/h1-5,14H,7H2. The minimum absolute atomic E-state index is 0.438. The molecule has 16 heavy (non-hydrogen) atoms. The summed E-state index contributed by atoms with van der Waals surface area (Å²) >= 11 is 5.89. The maximum Gasteiger partial charge on any atom is 0.124 e. The van der Waals surface area contributed by atoms with E-state index < -0.39 is 0 Å². The second-order valence-corrected chi connectivity index (χ2v) is 3.53. The van der Waals surface area contributed by atoms with Gasteiger partial charge in [0.05, 0.1) is 22.8 Å². The Hall–Kier alpha value is -1.99. The van der Waals surface area contributed by atoms with Crippen molar-refractivity contribution in [1.82, 2.24) is 5.16 Å². The molecular weight excluding hydrogens is 226 g/mol. The summed E-state index contributed by atoms with van der Waals surface area (Å²) in [6.45, 7) is 0.492. The van der Waals surface area contributed by atoms with Gasteiger partial charge in [0.25, 0.3) is 0 Å². The van der Waals surface area contributed by atoms with Gasteiger partial charge in [0, 0.05) is 6.07 Å². The average Bonchev–Trinajstić information content (AvgIpc) is 2.79. The van der Waals surface area contributed by atoms with Gasteiger partial charge in [-0.25, -0.2) is 0 Å². The van der Waals surface area contributed by atoms with Crippen LogP contribution < -0.4 is 5.32 Å².